The van der Waals surface area contributed by atoms with Gasteiger partial charge in [-0.2, -0.15) is 0 Å². The van der Waals surface area contributed by atoms with Gasteiger partial charge in [-0.1, -0.05) is 49.4 Å². The van der Waals surface area contributed by atoms with Gasteiger partial charge in [-0.3, -0.25) is 0 Å². The summed E-state index contributed by atoms with van der Waals surface area (Å²) in [6.07, 6.45) is 2.49. The molecule has 0 aliphatic carbocycles. The van der Waals surface area contributed by atoms with E-state index >= 15 is 0 Å². The molecule has 61 valence electrons. The van der Waals surface area contributed by atoms with Crippen molar-refractivity contribution in [1.82, 2.24) is 0 Å². The minimum Gasteiger partial charge on any atom is -0.0844 e. The molecule has 1 radical (unpaired) electrons. The molecule has 0 saturated carbocycles. The van der Waals surface area contributed by atoms with Gasteiger partial charge in [-0.25, -0.2) is 0 Å². The highest BCUT2D eigenvalue weighted by Crippen LogP contribution is 2.21. The van der Waals surface area contributed by atoms with Gasteiger partial charge in [-0.15, -0.1) is 0 Å². The molecule has 2 rings (SSSR count). The van der Waals surface area contributed by atoms with Crippen LogP contribution in [-0.2, 0) is 6.42 Å². The molecule has 0 atom stereocenters. The fourth-order valence-electron chi connectivity index (χ4n) is 2.02. The minimum absolute atomic E-state index is 0.673. The lowest BCUT2D eigenvalue weighted by Gasteiger charge is -2.11. The summed E-state index contributed by atoms with van der Waals surface area (Å²) in [6, 6.07) is 6.67. The van der Waals surface area contributed by atoms with Gasteiger partial charge in [0, 0.05) is 0 Å². The van der Waals surface area contributed by atoms with Crippen molar-refractivity contribution in [2.24, 2.45) is 0 Å². The first-order chi connectivity index (χ1) is 5.79. The molecule has 0 amide bonds. The van der Waals surface area contributed by atoms with Crippen molar-refractivity contribution in [3.05, 3.63) is 29.3 Å². The van der Waals surface area contributed by atoms with E-state index in [0.29, 0.717) is 5.92 Å². The van der Waals surface area contributed by atoms with Crippen LogP contribution in [0.15, 0.2) is 18.2 Å². The summed E-state index contributed by atoms with van der Waals surface area (Å²) in [5, 5.41) is 0. The van der Waals surface area contributed by atoms with Crippen molar-refractivity contribution in [3.63, 3.8) is 0 Å². The van der Waals surface area contributed by atoms with Crippen LogP contribution < -0.4 is 5.46 Å². The van der Waals surface area contributed by atoms with Gasteiger partial charge in [0.2, 0.25) is 0 Å². The van der Waals surface area contributed by atoms with E-state index in [-0.39, 0.29) is 0 Å². The van der Waals surface area contributed by atoms with Gasteiger partial charge in [0.1, 0.15) is 0 Å². The zero-order valence-electron chi connectivity index (χ0n) is 7.80. The molecule has 0 aromatic heterocycles. The Kier molecular flexibility index (Phi) is 1.96. The Morgan fingerprint density at radius 2 is 2.17 bits per heavy atom. The quantitative estimate of drug-likeness (QED) is 0.547. The summed E-state index contributed by atoms with van der Waals surface area (Å²) in [6.45, 7) is 4.54. The molecular formula is C11H14B. The number of fused-ring (bicyclic) bond motifs is 1. The molecule has 1 aliphatic rings. The maximum absolute atomic E-state index is 2.35. The molecule has 0 bridgehead atoms. The van der Waals surface area contributed by atoms with Gasteiger partial charge in [-0.05, 0) is 17.9 Å². The molecule has 0 unspecified atom stereocenters. The second kappa shape index (κ2) is 2.97. The van der Waals surface area contributed by atoms with E-state index in [0.717, 1.165) is 0 Å². The monoisotopic (exact) mass is 157 g/mol. The van der Waals surface area contributed by atoms with Crippen LogP contribution in [0.1, 0.15) is 30.9 Å². The van der Waals surface area contributed by atoms with Crippen LogP contribution in [0, 0.1) is 0 Å². The molecule has 0 fully saturated rings. The van der Waals surface area contributed by atoms with E-state index in [9.17, 15) is 0 Å². The van der Waals surface area contributed by atoms with Crippen molar-refractivity contribution in [3.8, 4) is 0 Å². The average Bonchev–Trinajstić information content (AvgIpc) is 2.49. The van der Waals surface area contributed by atoms with Crippen molar-refractivity contribution in [1.29, 1.82) is 0 Å². The Balaban J connectivity index is 2.49. The number of rotatable bonds is 1. The second-order valence-corrected chi connectivity index (χ2v) is 3.81. The summed E-state index contributed by atoms with van der Waals surface area (Å²) in [5.74, 6) is 0.673. The third-order valence-electron chi connectivity index (χ3n) is 2.63. The fourth-order valence-corrected chi connectivity index (χ4v) is 2.02. The Morgan fingerprint density at radius 3 is 2.92 bits per heavy atom. The first kappa shape index (κ1) is 7.91. The summed E-state index contributed by atoms with van der Waals surface area (Å²) < 4.78 is 0. The lowest BCUT2D eigenvalue weighted by Crippen LogP contribution is -2.12. The van der Waals surface area contributed by atoms with E-state index in [1.54, 1.807) is 11.1 Å². The van der Waals surface area contributed by atoms with Crippen molar-refractivity contribution >= 4 is 12.7 Å². The molecule has 1 aliphatic heterocycles. The molecule has 1 aromatic rings. The molecule has 0 N–H and O–H groups in total. The first-order valence-electron chi connectivity index (χ1n) is 4.74. The van der Waals surface area contributed by atoms with Crippen LogP contribution >= 0.6 is 0 Å². The largest absolute Gasteiger partial charge is 0.152 e. The number of hydrogen-bond acceptors (Lipinski definition) is 0. The van der Waals surface area contributed by atoms with Crippen molar-refractivity contribution in [2.75, 3.05) is 0 Å². The van der Waals surface area contributed by atoms with Crippen molar-refractivity contribution < 1.29 is 0 Å². The Morgan fingerprint density at radius 1 is 1.33 bits per heavy atom. The van der Waals surface area contributed by atoms with E-state index in [1.165, 1.54) is 18.2 Å². The SMILES string of the molecule is CC(C)c1cccc2c1CC[B]2. The zero-order valence-corrected chi connectivity index (χ0v) is 7.80. The standard InChI is InChI=1S/C11H14B/c1-8(2)9-4-3-5-11-10(9)6-7-12-11/h3-5,8H,6-7H2,1-2H3. The second-order valence-electron chi connectivity index (χ2n) is 3.81. The third-order valence-corrected chi connectivity index (χ3v) is 2.63. The predicted molar refractivity (Wildman–Crippen MR) is 54.4 cm³/mol. The number of hydrogen-bond donors (Lipinski definition) is 0. The molecular weight excluding hydrogens is 143 g/mol. The maximum Gasteiger partial charge on any atom is 0.152 e. The Bertz CT molecular complexity index is 289. The van der Waals surface area contributed by atoms with Crippen LogP contribution in [0.25, 0.3) is 0 Å². The van der Waals surface area contributed by atoms with Crippen LogP contribution in [0.5, 0.6) is 0 Å². The van der Waals surface area contributed by atoms with E-state index in [2.05, 4.69) is 39.3 Å². The summed E-state index contributed by atoms with van der Waals surface area (Å²) in [4.78, 5) is 0. The normalized spacial score (nSPS) is 14.6. The van der Waals surface area contributed by atoms with Crippen LogP contribution in [0.2, 0.25) is 6.32 Å². The highest BCUT2D eigenvalue weighted by Gasteiger charge is 2.15. The molecule has 12 heavy (non-hydrogen) atoms. The molecule has 0 spiro atoms. The molecule has 1 heterocycles. The Labute approximate surface area is 75.2 Å². The van der Waals surface area contributed by atoms with E-state index in [1.807, 2.05) is 0 Å². The van der Waals surface area contributed by atoms with Gasteiger partial charge in [0.25, 0.3) is 0 Å². The van der Waals surface area contributed by atoms with Gasteiger partial charge in [0.15, 0.2) is 7.28 Å². The lowest BCUT2D eigenvalue weighted by molar-refractivity contribution is 0.849. The molecule has 1 aromatic carbocycles. The van der Waals surface area contributed by atoms with Crippen LogP contribution in [-0.4, -0.2) is 7.28 Å². The summed E-state index contributed by atoms with van der Waals surface area (Å²) in [7, 11) is 2.35. The van der Waals surface area contributed by atoms with Crippen molar-refractivity contribution in [2.45, 2.75) is 32.5 Å². The molecule has 0 saturated heterocycles. The fraction of sp³-hybridized carbons (Fsp3) is 0.455. The predicted octanol–water partition coefficient (Wildman–Crippen LogP) is 2.11. The molecule has 0 nitrogen and oxygen atoms in total. The average molecular weight is 157 g/mol. The topological polar surface area (TPSA) is 0 Å². The minimum atomic E-state index is 0.673. The number of benzene rings is 1. The summed E-state index contributed by atoms with van der Waals surface area (Å²) >= 11 is 0. The lowest BCUT2D eigenvalue weighted by atomic mass is 9.72. The van der Waals surface area contributed by atoms with E-state index < -0.39 is 0 Å². The van der Waals surface area contributed by atoms with E-state index in [4.69, 9.17) is 0 Å². The zero-order chi connectivity index (χ0) is 8.55. The van der Waals surface area contributed by atoms with Gasteiger partial charge >= 0.3 is 0 Å². The first-order valence-corrected chi connectivity index (χ1v) is 4.74. The summed E-state index contributed by atoms with van der Waals surface area (Å²) in [5.41, 5.74) is 4.61. The van der Waals surface area contributed by atoms with Gasteiger partial charge in [0.05, 0.1) is 0 Å². The van der Waals surface area contributed by atoms with Gasteiger partial charge < -0.3 is 0 Å². The maximum atomic E-state index is 2.35. The third kappa shape index (κ3) is 1.18. The molecule has 1 heteroatoms. The highest BCUT2D eigenvalue weighted by atomic mass is 14.1. The highest BCUT2D eigenvalue weighted by molar-refractivity contribution is 6.55. The Hall–Kier alpha value is -0.715. The van der Waals surface area contributed by atoms with Crippen LogP contribution in [0.3, 0.4) is 0 Å². The smallest absolute Gasteiger partial charge is 0.0844 e. The van der Waals surface area contributed by atoms with Crippen LogP contribution in [0.4, 0.5) is 0 Å².